The molecule has 2 aromatic carbocycles. The summed E-state index contributed by atoms with van der Waals surface area (Å²) in [6.45, 7) is 3.08. The molecule has 0 radical (unpaired) electrons. The molecule has 0 aliphatic carbocycles. The Hall–Kier alpha value is -2.86. The number of hydrogen-bond acceptors (Lipinski definition) is 4. The molecule has 3 rings (SSSR count). The van der Waals surface area contributed by atoms with E-state index in [1.807, 2.05) is 49.4 Å². The number of anilines is 1. The highest BCUT2D eigenvalue weighted by Gasteiger charge is 2.38. The van der Waals surface area contributed by atoms with Crippen LogP contribution in [0, 0.1) is 0 Å². The molecule has 0 bridgehead atoms. The number of carbonyl (C=O) groups excluding carboxylic acids is 2. The Morgan fingerprint density at radius 3 is 2.36 bits per heavy atom. The molecule has 28 heavy (non-hydrogen) atoms. The van der Waals surface area contributed by atoms with E-state index < -0.39 is 6.04 Å². The van der Waals surface area contributed by atoms with Crippen LogP contribution in [-0.4, -0.2) is 50.1 Å². The van der Waals surface area contributed by atoms with E-state index in [-0.39, 0.29) is 11.8 Å². The van der Waals surface area contributed by atoms with Crippen molar-refractivity contribution in [3.63, 3.8) is 0 Å². The van der Waals surface area contributed by atoms with Crippen molar-refractivity contribution in [1.29, 1.82) is 0 Å². The SMILES string of the molecule is CCC1C(=O)N(Cc2ccc(OC)cc2)c2ccccc2C(=O)N1CCOC. The van der Waals surface area contributed by atoms with Gasteiger partial charge in [-0.3, -0.25) is 9.59 Å². The van der Waals surface area contributed by atoms with Crippen molar-refractivity contribution in [1.82, 2.24) is 4.90 Å². The van der Waals surface area contributed by atoms with E-state index in [2.05, 4.69) is 0 Å². The lowest BCUT2D eigenvalue weighted by molar-refractivity contribution is -0.123. The van der Waals surface area contributed by atoms with Gasteiger partial charge in [0.05, 0.1) is 31.5 Å². The first-order chi connectivity index (χ1) is 13.6. The van der Waals surface area contributed by atoms with Gasteiger partial charge in [0.1, 0.15) is 11.8 Å². The minimum absolute atomic E-state index is 0.0762. The molecule has 0 aromatic heterocycles. The summed E-state index contributed by atoms with van der Waals surface area (Å²) in [4.78, 5) is 30.0. The maximum atomic E-state index is 13.5. The summed E-state index contributed by atoms with van der Waals surface area (Å²) < 4.78 is 10.4. The Labute approximate surface area is 165 Å². The Morgan fingerprint density at radius 2 is 1.71 bits per heavy atom. The van der Waals surface area contributed by atoms with Crippen molar-refractivity contribution in [2.24, 2.45) is 0 Å². The van der Waals surface area contributed by atoms with E-state index in [0.717, 1.165) is 11.3 Å². The lowest BCUT2D eigenvalue weighted by Gasteiger charge is -2.30. The maximum Gasteiger partial charge on any atom is 0.256 e. The molecule has 1 atom stereocenters. The van der Waals surface area contributed by atoms with Gasteiger partial charge in [0.2, 0.25) is 5.91 Å². The van der Waals surface area contributed by atoms with Crippen molar-refractivity contribution in [3.8, 4) is 5.75 Å². The van der Waals surface area contributed by atoms with Gasteiger partial charge in [-0.15, -0.1) is 0 Å². The largest absolute Gasteiger partial charge is 0.497 e. The average Bonchev–Trinajstić information content (AvgIpc) is 2.81. The Morgan fingerprint density at radius 1 is 1.00 bits per heavy atom. The summed E-state index contributed by atoms with van der Waals surface area (Å²) in [7, 11) is 3.21. The van der Waals surface area contributed by atoms with E-state index in [9.17, 15) is 9.59 Å². The molecule has 148 valence electrons. The highest BCUT2D eigenvalue weighted by Crippen LogP contribution is 2.30. The van der Waals surface area contributed by atoms with Gasteiger partial charge in [0, 0.05) is 13.7 Å². The van der Waals surface area contributed by atoms with Crippen LogP contribution >= 0.6 is 0 Å². The summed E-state index contributed by atoms with van der Waals surface area (Å²) >= 11 is 0. The molecular formula is C22H26N2O4. The van der Waals surface area contributed by atoms with Gasteiger partial charge in [-0.2, -0.15) is 0 Å². The van der Waals surface area contributed by atoms with Crippen LogP contribution < -0.4 is 9.64 Å². The molecule has 6 nitrogen and oxygen atoms in total. The van der Waals surface area contributed by atoms with Crippen molar-refractivity contribution >= 4 is 17.5 Å². The second-order valence-electron chi connectivity index (χ2n) is 6.70. The number of nitrogens with zero attached hydrogens (tertiary/aromatic N) is 2. The monoisotopic (exact) mass is 382 g/mol. The number of ether oxygens (including phenoxy) is 2. The van der Waals surface area contributed by atoms with Crippen molar-refractivity contribution in [2.75, 3.05) is 32.3 Å². The minimum Gasteiger partial charge on any atom is -0.497 e. The van der Waals surface area contributed by atoms with Crippen LogP contribution in [0.25, 0.3) is 0 Å². The zero-order chi connectivity index (χ0) is 20.1. The molecule has 2 amide bonds. The van der Waals surface area contributed by atoms with Gasteiger partial charge in [0.25, 0.3) is 5.91 Å². The van der Waals surface area contributed by atoms with Crippen LogP contribution in [0.5, 0.6) is 5.75 Å². The Bertz CT molecular complexity index is 835. The van der Waals surface area contributed by atoms with E-state index in [1.54, 1.807) is 30.1 Å². The topological polar surface area (TPSA) is 59.1 Å². The number of benzene rings is 2. The van der Waals surface area contributed by atoms with Crippen LogP contribution in [0.2, 0.25) is 0 Å². The third-order valence-corrected chi connectivity index (χ3v) is 5.04. The molecular weight excluding hydrogens is 356 g/mol. The fraction of sp³-hybridized carbons (Fsp3) is 0.364. The van der Waals surface area contributed by atoms with Crippen molar-refractivity contribution in [2.45, 2.75) is 25.9 Å². The zero-order valence-corrected chi connectivity index (χ0v) is 16.6. The quantitative estimate of drug-likeness (QED) is 0.738. The standard InChI is InChI=1S/C22H26N2O4/c1-4-19-22(26)24(15-16-9-11-17(28-3)12-10-16)20-8-6-5-7-18(20)21(25)23(19)13-14-27-2/h5-12,19H,4,13-15H2,1-3H3. The molecule has 1 aliphatic heterocycles. The van der Waals surface area contributed by atoms with Gasteiger partial charge in [-0.25, -0.2) is 0 Å². The molecule has 1 unspecified atom stereocenters. The minimum atomic E-state index is -0.520. The summed E-state index contributed by atoms with van der Waals surface area (Å²) in [6, 6.07) is 14.4. The van der Waals surface area contributed by atoms with E-state index in [4.69, 9.17) is 9.47 Å². The average molecular weight is 382 g/mol. The zero-order valence-electron chi connectivity index (χ0n) is 16.6. The first-order valence-corrected chi connectivity index (χ1v) is 9.44. The molecule has 0 saturated carbocycles. The lowest BCUT2D eigenvalue weighted by Crippen LogP contribution is -2.49. The van der Waals surface area contributed by atoms with Gasteiger partial charge in [-0.1, -0.05) is 31.2 Å². The predicted octanol–water partition coefficient (Wildman–Crippen LogP) is 3.11. The first kappa shape index (κ1) is 19.9. The van der Waals surface area contributed by atoms with Crippen molar-refractivity contribution in [3.05, 3.63) is 59.7 Å². The van der Waals surface area contributed by atoms with Crippen molar-refractivity contribution < 1.29 is 19.1 Å². The van der Waals surface area contributed by atoms with Crippen LogP contribution in [0.4, 0.5) is 5.69 Å². The normalized spacial score (nSPS) is 16.8. The summed E-state index contributed by atoms with van der Waals surface area (Å²) in [6.07, 6.45) is 0.543. The van der Waals surface area contributed by atoms with E-state index in [0.29, 0.717) is 37.4 Å². The number of amides is 2. The third-order valence-electron chi connectivity index (χ3n) is 5.04. The Balaban J connectivity index is 2.01. The third kappa shape index (κ3) is 3.87. The number of para-hydroxylation sites is 1. The lowest BCUT2D eigenvalue weighted by atomic mass is 10.1. The fourth-order valence-corrected chi connectivity index (χ4v) is 3.54. The van der Waals surface area contributed by atoms with Gasteiger partial charge >= 0.3 is 0 Å². The molecule has 2 aromatic rings. The molecule has 1 heterocycles. The molecule has 0 fully saturated rings. The van der Waals surface area contributed by atoms with Gasteiger partial charge in [0.15, 0.2) is 0 Å². The summed E-state index contributed by atoms with van der Waals surface area (Å²) in [5.74, 6) is 0.552. The van der Waals surface area contributed by atoms with Gasteiger partial charge < -0.3 is 19.3 Å². The molecule has 6 heteroatoms. The molecule has 0 N–H and O–H groups in total. The maximum absolute atomic E-state index is 13.5. The smallest absolute Gasteiger partial charge is 0.256 e. The number of hydrogen-bond donors (Lipinski definition) is 0. The highest BCUT2D eigenvalue weighted by atomic mass is 16.5. The highest BCUT2D eigenvalue weighted by molar-refractivity contribution is 6.10. The molecule has 0 saturated heterocycles. The van der Waals surface area contributed by atoms with Gasteiger partial charge in [-0.05, 0) is 36.2 Å². The van der Waals surface area contributed by atoms with Crippen LogP contribution in [0.3, 0.4) is 0 Å². The van der Waals surface area contributed by atoms with E-state index >= 15 is 0 Å². The number of methoxy groups -OCH3 is 2. The van der Waals surface area contributed by atoms with E-state index in [1.165, 1.54) is 0 Å². The fourth-order valence-electron chi connectivity index (χ4n) is 3.54. The number of rotatable bonds is 7. The molecule has 1 aliphatic rings. The molecule has 0 spiro atoms. The Kier molecular flexibility index (Phi) is 6.31. The van der Waals surface area contributed by atoms with Crippen LogP contribution in [0.15, 0.2) is 48.5 Å². The second-order valence-corrected chi connectivity index (χ2v) is 6.70. The summed E-state index contributed by atoms with van der Waals surface area (Å²) in [5.41, 5.74) is 2.15. The summed E-state index contributed by atoms with van der Waals surface area (Å²) in [5, 5.41) is 0. The van der Waals surface area contributed by atoms with Crippen LogP contribution in [0.1, 0.15) is 29.3 Å². The number of carbonyl (C=O) groups is 2. The number of fused-ring (bicyclic) bond motifs is 1. The van der Waals surface area contributed by atoms with Crippen LogP contribution in [-0.2, 0) is 16.1 Å². The second kappa shape index (κ2) is 8.89. The first-order valence-electron chi connectivity index (χ1n) is 9.44. The predicted molar refractivity (Wildman–Crippen MR) is 108 cm³/mol.